The molecule has 2 heterocycles. The predicted octanol–water partition coefficient (Wildman–Crippen LogP) is 2.23. The molecule has 1 aromatic rings. The normalized spacial score (nSPS) is 14.7. The molecule has 2 rings (SSSR count). The molecule has 1 aliphatic heterocycles. The van der Waals surface area contributed by atoms with Gasteiger partial charge in [0, 0.05) is 33.1 Å². The van der Waals surface area contributed by atoms with Gasteiger partial charge in [-0.1, -0.05) is 11.6 Å². The maximum atomic E-state index is 5.31. The number of hydrogen-bond donors (Lipinski definition) is 2. The zero-order valence-electron chi connectivity index (χ0n) is 14.0. The number of rotatable bonds is 6. The number of ether oxygens (including phenoxy) is 1. The summed E-state index contributed by atoms with van der Waals surface area (Å²) in [5.41, 5.74) is 2.49. The Morgan fingerprint density at radius 2 is 2.26 bits per heavy atom. The molecule has 0 aromatic carbocycles. The number of aromatic nitrogens is 1. The highest BCUT2D eigenvalue weighted by Crippen LogP contribution is 2.17. The average molecular weight is 451 g/mol. The summed E-state index contributed by atoms with van der Waals surface area (Å²) in [5.74, 6) is 0.812. The molecule has 0 atom stereocenters. The van der Waals surface area contributed by atoms with Gasteiger partial charge in [0.05, 0.1) is 25.5 Å². The molecule has 1 aromatic heterocycles. The molecule has 6 nitrogen and oxygen atoms in total. The molecule has 0 amide bonds. The van der Waals surface area contributed by atoms with Crippen LogP contribution in [0, 0.1) is 0 Å². The van der Waals surface area contributed by atoms with E-state index >= 15 is 0 Å². The molecule has 0 fully saturated rings. The van der Waals surface area contributed by atoms with Crippen LogP contribution in [0.15, 0.2) is 22.0 Å². The molecule has 0 radical (unpaired) electrons. The first-order chi connectivity index (χ1) is 10.7. The molecule has 0 saturated heterocycles. The van der Waals surface area contributed by atoms with Gasteiger partial charge in [0.25, 0.3) is 0 Å². The summed E-state index contributed by atoms with van der Waals surface area (Å²) < 4.78 is 5.31. The van der Waals surface area contributed by atoms with Gasteiger partial charge in [0.1, 0.15) is 0 Å². The molecule has 23 heavy (non-hydrogen) atoms. The van der Waals surface area contributed by atoms with Gasteiger partial charge < -0.3 is 20.3 Å². The van der Waals surface area contributed by atoms with E-state index in [1.807, 2.05) is 19.0 Å². The van der Waals surface area contributed by atoms with Crippen molar-refractivity contribution in [1.29, 1.82) is 0 Å². The number of nitrogens with zero attached hydrogens (tertiary/aromatic N) is 3. The molecule has 0 spiro atoms. The van der Waals surface area contributed by atoms with Crippen LogP contribution in [0.2, 0.25) is 0 Å². The van der Waals surface area contributed by atoms with Crippen LogP contribution in [0.1, 0.15) is 18.5 Å². The lowest BCUT2D eigenvalue weighted by atomic mass is 10.1. The van der Waals surface area contributed by atoms with Gasteiger partial charge in [0.2, 0.25) is 0 Å². The molecular weight excluding hydrogens is 425 g/mol. The fourth-order valence-corrected chi connectivity index (χ4v) is 2.87. The lowest BCUT2D eigenvalue weighted by Gasteiger charge is -2.15. The van der Waals surface area contributed by atoms with Crippen molar-refractivity contribution >= 4 is 46.4 Å². The Kier molecular flexibility index (Phi) is 9.49. The molecule has 0 saturated carbocycles. The highest BCUT2D eigenvalue weighted by Gasteiger charge is 2.06. The second-order valence-corrected chi connectivity index (χ2v) is 6.14. The van der Waals surface area contributed by atoms with Crippen molar-refractivity contribution in [3.63, 3.8) is 0 Å². The lowest BCUT2D eigenvalue weighted by Crippen LogP contribution is -2.37. The summed E-state index contributed by atoms with van der Waals surface area (Å²) in [7, 11) is 5.79. The van der Waals surface area contributed by atoms with E-state index in [4.69, 9.17) is 4.74 Å². The minimum atomic E-state index is 0. The SMILES string of the molecule is CN=C(NCCC1=CCOCC1)NCc1csc(N(C)C)n1.I. The Hall–Kier alpha value is -0.870. The maximum Gasteiger partial charge on any atom is 0.191 e. The fourth-order valence-electron chi connectivity index (χ4n) is 2.11. The number of halogens is 1. The van der Waals surface area contributed by atoms with Gasteiger partial charge in [-0.3, -0.25) is 4.99 Å². The third-order valence-electron chi connectivity index (χ3n) is 3.38. The number of guanidine groups is 1. The van der Waals surface area contributed by atoms with Crippen molar-refractivity contribution in [3.8, 4) is 0 Å². The first-order valence-electron chi connectivity index (χ1n) is 7.51. The Morgan fingerprint density at radius 1 is 1.43 bits per heavy atom. The van der Waals surface area contributed by atoms with Gasteiger partial charge in [0.15, 0.2) is 11.1 Å². The van der Waals surface area contributed by atoms with Crippen LogP contribution in [0.25, 0.3) is 0 Å². The van der Waals surface area contributed by atoms with Crippen LogP contribution in [0.3, 0.4) is 0 Å². The number of hydrogen-bond acceptors (Lipinski definition) is 5. The van der Waals surface area contributed by atoms with Gasteiger partial charge >= 0.3 is 0 Å². The van der Waals surface area contributed by atoms with Crippen molar-refractivity contribution in [2.45, 2.75) is 19.4 Å². The third kappa shape index (κ3) is 7.05. The Bertz CT molecular complexity index is 530. The van der Waals surface area contributed by atoms with E-state index in [9.17, 15) is 0 Å². The second kappa shape index (κ2) is 10.8. The van der Waals surface area contributed by atoms with Gasteiger partial charge in [-0.2, -0.15) is 0 Å². The monoisotopic (exact) mass is 451 g/mol. The summed E-state index contributed by atoms with van der Waals surface area (Å²) >= 11 is 1.65. The van der Waals surface area contributed by atoms with E-state index in [0.717, 1.165) is 49.4 Å². The van der Waals surface area contributed by atoms with Crippen LogP contribution in [0.5, 0.6) is 0 Å². The summed E-state index contributed by atoms with van der Waals surface area (Å²) in [6.07, 6.45) is 4.25. The maximum absolute atomic E-state index is 5.31. The van der Waals surface area contributed by atoms with Gasteiger partial charge in [-0.05, 0) is 12.8 Å². The molecular formula is C15H26IN5OS. The molecule has 0 bridgehead atoms. The van der Waals surface area contributed by atoms with Crippen molar-refractivity contribution < 1.29 is 4.74 Å². The van der Waals surface area contributed by atoms with E-state index in [2.05, 4.69) is 32.1 Å². The number of anilines is 1. The van der Waals surface area contributed by atoms with Crippen molar-refractivity contribution in [2.75, 3.05) is 45.8 Å². The predicted molar refractivity (Wildman–Crippen MR) is 108 cm³/mol. The number of nitrogens with one attached hydrogen (secondary N) is 2. The smallest absolute Gasteiger partial charge is 0.191 e. The van der Waals surface area contributed by atoms with E-state index in [1.165, 1.54) is 5.57 Å². The second-order valence-electron chi connectivity index (χ2n) is 5.31. The van der Waals surface area contributed by atoms with Gasteiger partial charge in [-0.15, -0.1) is 35.3 Å². The van der Waals surface area contributed by atoms with E-state index in [0.29, 0.717) is 6.54 Å². The molecule has 8 heteroatoms. The minimum absolute atomic E-state index is 0. The first-order valence-corrected chi connectivity index (χ1v) is 8.39. The molecule has 130 valence electrons. The van der Waals surface area contributed by atoms with Crippen LogP contribution in [-0.4, -0.2) is 51.8 Å². The molecule has 0 unspecified atom stereocenters. The quantitative estimate of drug-likeness (QED) is 0.301. The Labute approximate surface area is 159 Å². The van der Waals surface area contributed by atoms with E-state index < -0.39 is 0 Å². The van der Waals surface area contributed by atoms with Crippen molar-refractivity contribution in [1.82, 2.24) is 15.6 Å². The summed E-state index contributed by atoms with van der Waals surface area (Å²) in [5, 5.41) is 9.73. The van der Waals surface area contributed by atoms with E-state index in [1.54, 1.807) is 18.4 Å². The summed E-state index contributed by atoms with van der Waals surface area (Å²) in [6.45, 7) is 3.16. The fraction of sp³-hybridized carbons (Fsp3) is 0.600. The molecule has 1 aliphatic rings. The Balaban J connectivity index is 0.00000264. The first kappa shape index (κ1) is 20.2. The highest BCUT2D eigenvalue weighted by molar-refractivity contribution is 14.0. The van der Waals surface area contributed by atoms with Crippen molar-refractivity contribution in [2.24, 2.45) is 4.99 Å². The van der Waals surface area contributed by atoms with Crippen LogP contribution >= 0.6 is 35.3 Å². The summed E-state index contributed by atoms with van der Waals surface area (Å²) in [4.78, 5) is 10.8. The third-order valence-corrected chi connectivity index (χ3v) is 4.44. The Morgan fingerprint density at radius 3 is 2.87 bits per heavy atom. The summed E-state index contributed by atoms with van der Waals surface area (Å²) in [6, 6.07) is 0. The molecule has 2 N–H and O–H groups in total. The van der Waals surface area contributed by atoms with Gasteiger partial charge in [-0.25, -0.2) is 4.98 Å². The number of aliphatic imine (C=N–C) groups is 1. The number of thiazole rings is 1. The van der Waals surface area contributed by atoms with Crippen LogP contribution in [0.4, 0.5) is 5.13 Å². The average Bonchev–Trinajstić information content (AvgIpc) is 3.01. The standard InChI is InChI=1S/C15H25N5OS.HI/c1-16-14(17-7-4-12-5-8-21-9-6-12)18-10-13-11-22-15(19-13)20(2)3;/h5,11H,4,6-10H2,1-3H3,(H2,16,17,18);1H. The zero-order valence-corrected chi connectivity index (χ0v) is 17.1. The van der Waals surface area contributed by atoms with E-state index in [-0.39, 0.29) is 24.0 Å². The molecule has 0 aliphatic carbocycles. The zero-order chi connectivity index (χ0) is 15.8. The minimum Gasteiger partial charge on any atom is -0.377 e. The van der Waals surface area contributed by atoms with Crippen molar-refractivity contribution in [3.05, 3.63) is 22.7 Å². The van der Waals surface area contributed by atoms with Crippen LogP contribution in [-0.2, 0) is 11.3 Å². The highest BCUT2D eigenvalue weighted by atomic mass is 127. The largest absolute Gasteiger partial charge is 0.377 e. The lowest BCUT2D eigenvalue weighted by molar-refractivity contribution is 0.153. The topological polar surface area (TPSA) is 61.8 Å². The van der Waals surface area contributed by atoms with Crippen LogP contribution < -0.4 is 15.5 Å².